The molecule has 0 aromatic heterocycles. The van der Waals surface area contributed by atoms with Gasteiger partial charge in [-0.1, -0.05) is 25.6 Å². The van der Waals surface area contributed by atoms with Crippen LogP contribution in [0.1, 0.15) is 19.8 Å². The summed E-state index contributed by atoms with van der Waals surface area (Å²) in [6.45, 7) is 7.93. The number of rotatable bonds is 4. The molecule has 0 atom stereocenters. The molecule has 2 nitrogen and oxygen atoms in total. The van der Waals surface area contributed by atoms with Crippen LogP contribution in [0, 0.1) is 0 Å². The molecule has 1 aliphatic heterocycles. The third-order valence-corrected chi connectivity index (χ3v) is 2.59. The van der Waals surface area contributed by atoms with Crippen LogP contribution in [0.15, 0.2) is 0 Å². The summed E-state index contributed by atoms with van der Waals surface area (Å²) in [5, 5.41) is 0. The summed E-state index contributed by atoms with van der Waals surface area (Å²) in [5.41, 5.74) is 2.77. The molecule has 0 bridgehead atoms. The van der Waals surface area contributed by atoms with Gasteiger partial charge in [-0.3, -0.25) is 4.90 Å². The monoisotopic (exact) mass is 185 g/mol. The summed E-state index contributed by atoms with van der Waals surface area (Å²) in [7, 11) is 0. The predicted molar refractivity (Wildman–Crippen MR) is 55.5 cm³/mol. The standard InChI is InChI=1S/C9H17N2S/c1-2-3-4-10-5-7-11(9-12)8-6-10/h2-8H2,1H3. The Morgan fingerprint density at radius 1 is 1.25 bits per heavy atom. The van der Waals surface area contributed by atoms with Crippen molar-refractivity contribution in [2.75, 3.05) is 32.7 Å². The van der Waals surface area contributed by atoms with Crippen molar-refractivity contribution in [1.29, 1.82) is 0 Å². The second-order valence-electron chi connectivity index (χ2n) is 3.27. The molecule has 0 aromatic carbocycles. The van der Waals surface area contributed by atoms with Crippen molar-refractivity contribution < 1.29 is 0 Å². The van der Waals surface area contributed by atoms with Crippen LogP contribution in [-0.4, -0.2) is 48.0 Å². The molecule has 3 heteroatoms. The van der Waals surface area contributed by atoms with Gasteiger partial charge >= 0.3 is 0 Å². The molecule has 1 fully saturated rings. The molecule has 0 N–H and O–H groups in total. The highest BCUT2D eigenvalue weighted by Crippen LogP contribution is 2.01. The van der Waals surface area contributed by atoms with Gasteiger partial charge in [0.05, 0.1) is 0 Å². The highest BCUT2D eigenvalue weighted by Gasteiger charge is 2.13. The maximum atomic E-state index is 4.76. The molecule has 69 valence electrons. The Balaban J connectivity index is 2.12. The van der Waals surface area contributed by atoms with Gasteiger partial charge in [-0.15, -0.1) is 0 Å². The van der Waals surface area contributed by atoms with Crippen molar-refractivity contribution in [3.8, 4) is 0 Å². The molecule has 1 heterocycles. The van der Waals surface area contributed by atoms with Gasteiger partial charge in [0.2, 0.25) is 0 Å². The summed E-state index contributed by atoms with van der Waals surface area (Å²) in [6.07, 6.45) is 2.61. The van der Waals surface area contributed by atoms with Crippen LogP contribution < -0.4 is 0 Å². The van der Waals surface area contributed by atoms with Crippen LogP contribution in [-0.2, 0) is 0 Å². The van der Waals surface area contributed by atoms with Gasteiger partial charge in [0.15, 0.2) is 0 Å². The number of unbranched alkanes of at least 4 members (excludes halogenated alkanes) is 1. The third kappa shape index (κ3) is 3.07. The molecule has 1 radical (unpaired) electrons. The van der Waals surface area contributed by atoms with Crippen LogP contribution in [0.4, 0.5) is 0 Å². The summed E-state index contributed by atoms with van der Waals surface area (Å²) >= 11 is 4.76. The van der Waals surface area contributed by atoms with Gasteiger partial charge in [0.25, 0.3) is 0 Å². The summed E-state index contributed by atoms with van der Waals surface area (Å²) in [5.74, 6) is 0. The van der Waals surface area contributed by atoms with Gasteiger partial charge < -0.3 is 4.90 Å². The molecule has 0 aromatic rings. The molecule has 1 rings (SSSR count). The average molecular weight is 185 g/mol. The van der Waals surface area contributed by atoms with Crippen LogP contribution >= 0.6 is 12.2 Å². The van der Waals surface area contributed by atoms with E-state index in [2.05, 4.69) is 22.2 Å². The quantitative estimate of drug-likeness (QED) is 0.608. The fraction of sp³-hybridized carbons (Fsp3) is 0.889. The van der Waals surface area contributed by atoms with E-state index in [9.17, 15) is 0 Å². The smallest absolute Gasteiger partial charge is 0.137 e. The molecule has 0 aliphatic carbocycles. The van der Waals surface area contributed by atoms with E-state index >= 15 is 0 Å². The molecular weight excluding hydrogens is 168 g/mol. The van der Waals surface area contributed by atoms with Gasteiger partial charge in [-0.25, -0.2) is 0 Å². The number of piperazine rings is 1. The lowest BCUT2D eigenvalue weighted by molar-refractivity contribution is 0.184. The maximum Gasteiger partial charge on any atom is 0.137 e. The Kier molecular flexibility index (Phi) is 4.54. The number of nitrogens with zero attached hydrogens (tertiary/aromatic N) is 2. The van der Waals surface area contributed by atoms with Crippen molar-refractivity contribution in [1.82, 2.24) is 9.80 Å². The first-order valence-corrected chi connectivity index (χ1v) is 5.12. The summed E-state index contributed by atoms with van der Waals surface area (Å²) in [4.78, 5) is 4.60. The lowest BCUT2D eigenvalue weighted by Gasteiger charge is -2.32. The molecule has 0 saturated carbocycles. The van der Waals surface area contributed by atoms with E-state index in [-0.39, 0.29) is 0 Å². The van der Waals surface area contributed by atoms with Gasteiger partial charge in [0.1, 0.15) is 5.49 Å². The zero-order valence-corrected chi connectivity index (χ0v) is 8.57. The Labute approximate surface area is 80.5 Å². The predicted octanol–water partition coefficient (Wildman–Crippen LogP) is 1.24. The SMILES string of the molecule is CCCCN1CCN([C]=S)CC1. The van der Waals surface area contributed by atoms with E-state index in [1.165, 1.54) is 19.4 Å². The Morgan fingerprint density at radius 2 is 1.92 bits per heavy atom. The van der Waals surface area contributed by atoms with Crippen molar-refractivity contribution in [3.05, 3.63) is 0 Å². The Morgan fingerprint density at radius 3 is 2.42 bits per heavy atom. The first-order valence-electron chi connectivity index (χ1n) is 4.72. The molecular formula is C9H17N2S. The van der Waals surface area contributed by atoms with Gasteiger partial charge in [-0.05, 0) is 13.0 Å². The van der Waals surface area contributed by atoms with Gasteiger partial charge in [-0.2, -0.15) is 0 Å². The minimum Gasteiger partial charge on any atom is -0.358 e. The fourth-order valence-corrected chi connectivity index (χ4v) is 1.63. The highest BCUT2D eigenvalue weighted by atomic mass is 32.1. The largest absolute Gasteiger partial charge is 0.358 e. The van der Waals surface area contributed by atoms with E-state index in [0.29, 0.717) is 0 Å². The van der Waals surface area contributed by atoms with Crippen molar-refractivity contribution in [3.63, 3.8) is 0 Å². The Bertz CT molecular complexity index is 130. The van der Waals surface area contributed by atoms with E-state index in [0.717, 1.165) is 26.2 Å². The zero-order chi connectivity index (χ0) is 8.81. The molecule has 1 saturated heterocycles. The summed E-state index contributed by atoms with van der Waals surface area (Å²) < 4.78 is 0. The first kappa shape index (κ1) is 9.93. The normalized spacial score (nSPS) is 19.6. The lowest BCUT2D eigenvalue weighted by Crippen LogP contribution is -2.45. The fourth-order valence-electron chi connectivity index (χ4n) is 1.44. The Hall–Kier alpha value is -0.150. The van der Waals surface area contributed by atoms with Crippen LogP contribution in [0.5, 0.6) is 0 Å². The number of hydrogen-bond acceptors (Lipinski definition) is 2. The number of hydrogen-bond donors (Lipinski definition) is 0. The minimum absolute atomic E-state index is 1.06. The second kappa shape index (κ2) is 5.49. The van der Waals surface area contributed by atoms with E-state index < -0.39 is 0 Å². The molecule has 0 unspecified atom stereocenters. The minimum atomic E-state index is 1.06. The van der Waals surface area contributed by atoms with Gasteiger partial charge in [0, 0.05) is 26.2 Å². The molecule has 1 aliphatic rings. The van der Waals surface area contributed by atoms with Crippen LogP contribution in [0.2, 0.25) is 0 Å². The van der Waals surface area contributed by atoms with Crippen molar-refractivity contribution in [2.45, 2.75) is 19.8 Å². The van der Waals surface area contributed by atoms with E-state index in [1.807, 2.05) is 0 Å². The first-order chi connectivity index (χ1) is 5.86. The second-order valence-corrected chi connectivity index (χ2v) is 3.46. The van der Waals surface area contributed by atoms with Crippen molar-refractivity contribution >= 4 is 17.7 Å². The van der Waals surface area contributed by atoms with Crippen molar-refractivity contribution in [2.24, 2.45) is 0 Å². The highest BCUT2D eigenvalue weighted by molar-refractivity contribution is 7.78. The third-order valence-electron chi connectivity index (χ3n) is 2.33. The van der Waals surface area contributed by atoms with E-state index in [4.69, 9.17) is 12.2 Å². The van der Waals surface area contributed by atoms with Crippen LogP contribution in [0.3, 0.4) is 0 Å². The number of thiocarbonyl (C=S) groups is 1. The maximum absolute atomic E-state index is 4.76. The zero-order valence-electron chi connectivity index (χ0n) is 7.75. The molecule has 0 spiro atoms. The average Bonchev–Trinajstić information content (AvgIpc) is 2.15. The summed E-state index contributed by atoms with van der Waals surface area (Å²) in [6, 6.07) is 0. The van der Waals surface area contributed by atoms with E-state index in [1.54, 1.807) is 0 Å². The molecule has 12 heavy (non-hydrogen) atoms. The topological polar surface area (TPSA) is 6.48 Å². The van der Waals surface area contributed by atoms with Crippen LogP contribution in [0.25, 0.3) is 0 Å². The lowest BCUT2D eigenvalue weighted by atomic mass is 10.3. The molecule has 0 amide bonds.